The zero-order valence-electron chi connectivity index (χ0n) is 7.28. The fraction of sp³-hybridized carbons (Fsp3) is 0.200. The Morgan fingerprint density at radius 2 is 2.38 bits per heavy atom. The first kappa shape index (κ1) is 9.27. The Bertz CT molecular complexity index is 352. The van der Waals surface area contributed by atoms with E-state index in [2.05, 4.69) is 0 Å². The summed E-state index contributed by atoms with van der Waals surface area (Å²) in [4.78, 5) is 10.6. The molecule has 0 saturated carbocycles. The average Bonchev–Trinajstić information content (AvgIpc) is 2.15. The third-order valence-electron chi connectivity index (χ3n) is 1.65. The Morgan fingerprint density at radius 3 is 3.00 bits per heavy atom. The number of ether oxygens (including phenoxy) is 1. The summed E-state index contributed by atoms with van der Waals surface area (Å²) < 4.78 is 5.12. The average molecular weight is 175 g/mol. The first-order valence-electron chi connectivity index (χ1n) is 3.84. The van der Waals surface area contributed by atoms with Crippen LogP contribution in [-0.2, 0) is 0 Å². The molecule has 1 rings (SSSR count). The van der Waals surface area contributed by atoms with Crippen LogP contribution < -0.4 is 4.74 Å². The van der Waals surface area contributed by atoms with Crippen molar-refractivity contribution in [2.45, 2.75) is 6.92 Å². The van der Waals surface area contributed by atoms with Crippen LogP contribution in [0.3, 0.4) is 0 Å². The minimum Gasteiger partial charge on any atom is -0.478 e. The molecule has 3 heteroatoms. The maximum Gasteiger partial charge on any atom is 0.174 e. The van der Waals surface area contributed by atoms with Crippen molar-refractivity contribution < 1.29 is 9.53 Å². The van der Waals surface area contributed by atoms with Crippen LogP contribution in [0.4, 0.5) is 0 Å². The molecule has 0 spiro atoms. The SMILES string of the molecule is Cc1cccc(C=O)c1OCC#N. The highest BCUT2D eigenvalue weighted by Gasteiger charge is 2.04. The van der Waals surface area contributed by atoms with E-state index in [0.29, 0.717) is 11.3 Å². The molecule has 0 N–H and O–H groups in total. The van der Waals surface area contributed by atoms with Crippen LogP contribution in [0.1, 0.15) is 15.9 Å². The molecule has 1 aromatic carbocycles. The monoisotopic (exact) mass is 175 g/mol. The molecule has 3 nitrogen and oxygen atoms in total. The fourth-order valence-corrected chi connectivity index (χ4v) is 1.07. The second-order valence-corrected chi connectivity index (χ2v) is 2.56. The lowest BCUT2D eigenvalue weighted by Gasteiger charge is -2.07. The summed E-state index contributed by atoms with van der Waals surface area (Å²) in [6.07, 6.45) is 0.722. The first-order chi connectivity index (χ1) is 6.29. The maximum atomic E-state index is 10.6. The summed E-state index contributed by atoms with van der Waals surface area (Å²) in [5, 5.41) is 8.32. The molecule has 0 aliphatic carbocycles. The van der Waals surface area contributed by atoms with Gasteiger partial charge in [-0.3, -0.25) is 4.79 Å². The van der Waals surface area contributed by atoms with Crippen molar-refractivity contribution >= 4 is 6.29 Å². The van der Waals surface area contributed by atoms with Crippen LogP contribution in [0.25, 0.3) is 0 Å². The normalized spacial score (nSPS) is 8.92. The Balaban J connectivity index is 3.01. The fourth-order valence-electron chi connectivity index (χ4n) is 1.07. The van der Waals surface area contributed by atoms with Gasteiger partial charge in [0.2, 0.25) is 0 Å². The predicted molar refractivity (Wildman–Crippen MR) is 47.7 cm³/mol. The van der Waals surface area contributed by atoms with E-state index in [1.165, 1.54) is 0 Å². The van der Waals surface area contributed by atoms with Crippen LogP contribution in [0.15, 0.2) is 18.2 Å². The van der Waals surface area contributed by atoms with E-state index in [9.17, 15) is 4.79 Å². The lowest BCUT2D eigenvalue weighted by Crippen LogP contribution is -1.99. The molecule has 0 aliphatic heterocycles. The van der Waals surface area contributed by atoms with Gasteiger partial charge in [-0.15, -0.1) is 0 Å². The van der Waals surface area contributed by atoms with E-state index < -0.39 is 0 Å². The molecule has 0 fully saturated rings. The number of carbonyl (C=O) groups is 1. The van der Waals surface area contributed by atoms with Gasteiger partial charge in [-0.2, -0.15) is 5.26 Å². The van der Waals surface area contributed by atoms with Gasteiger partial charge in [0.15, 0.2) is 12.9 Å². The van der Waals surface area contributed by atoms with Crippen LogP contribution in [0.2, 0.25) is 0 Å². The van der Waals surface area contributed by atoms with E-state index in [0.717, 1.165) is 11.8 Å². The van der Waals surface area contributed by atoms with Gasteiger partial charge in [0.1, 0.15) is 11.8 Å². The highest BCUT2D eigenvalue weighted by Crippen LogP contribution is 2.21. The van der Waals surface area contributed by atoms with Crippen LogP contribution in [-0.4, -0.2) is 12.9 Å². The van der Waals surface area contributed by atoms with E-state index in [-0.39, 0.29) is 6.61 Å². The first-order valence-corrected chi connectivity index (χ1v) is 3.84. The maximum absolute atomic E-state index is 10.6. The van der Waals surface area contributed by atoms with E-state index in [4.69, 9.17) is 10.00 Å². The highest BCUT2D eigenvalue weighted by molar-refractivity contribution is 5.80. The molecule has 0 saturated heterocycles. The molecule has 0 amide bonds. The standard InChI is InChI=1S/C10H9NO2/c1-8-3-2-4-9(7-12)10(8)13-6-5-11/h2-4,7H,6H2,1H3. The van der Waals surface area contributed by atoms with Crippen molar-refractivity contribution in [3.63, 3.8) is 0 Å². The van der Waals surface area contributed by atoms with Crippen molar-refractivity contribution in [1.82, 2.24) is 0 Å². The number of nitrogens with zero attached hydrogens (tertiary/aromatic N) is 1. The number of aryl methyl sites for hydroxylation is 1. The molecule has 0 unspecified atom stereocenters. The van der Waals surface area contributed by atoms with Crippen LogP contribution in [0.5, 0.6) is 5.75 Å². The van der Waals surface area contributed by atoms with E-state index >= 15 is 0 Å². The predicted octanol–water partition coefficient (Wildman–Crippen LogP) is 1.71. The molecule has 0 aliphatic rings. The number of aldehydes is 1. The third kappa shape index (κ3) is 2.06. The lowest BCUT2D eigenvalue weighted by atomic mass is 10.1. The molecular formula is C10H9NO2. The second kappa shape index (κ2) is 4.27. The van der Waals surface area contributed by atoms with Crippen LogP contribution in [0, 0.1) is 18.3 Å². The van der Waals surface area contributed by atoms with Gasteiger partial charge >= 0.3 is 0 Å². The quantitative estimate of drug-likeness (QED) is 0.657. The minimum atomic E-state index is -0.0360. The zero-order valence-corrected chi connectivity index (χ0v) is 7.28. The van der Waals surface area contributed by atoms with E-state index in [1.54, 1.807) is 12.1 Å². The van der Waals surface area contributed by atoms with Gasteiger partial charge in [0, 0.05) is 0 Å². The molecule has 0 heterocycles. The smallest absolute Gasteiger partial charge is 0.174 e. The lowest BCUT2D eigenvalue weighted by molar-refractivity contribution is 0.112. The van der Waals surface area contributed by atoms with Gasteiger partial charge in [-0.05, 0) is 18.6 Å². The summed E-state index contributed by atoms with van der Waals surface area (Å²) in [5.74, 6) is 0.499. The number of hydrogen-bond donors (Lipinski definition) is 0. The molecule has 0 atom stereocenters. The van der Waals surface area contributed by atoms with Crippen molar-refractivity contribution in [1.29, 1.82) is 5.26 Å². The largest absolute Gasteiger partial charge is 0.478 e. The topological polar surface area (TPSA) is 50.1 Å². The van der Waals surface area contributed by atoms with Gasteiger partial charge < -0.3 is 4.74 Å². The Kier molecular flexibility index (Phi) is 3.04. The van der Waals surface area contributed by atoms with Crippen molar-refractivity contribution in [2.24, 2.45) is 0 Å². The second-order valence-electron chi connectivity index (χ2n) is 2.56. The van der Waals surface area contributed by atoms with Crippen molar-refractivity contribution in [3.05, 3.63) is 29.3 Å². The summed E-state index contributed by atoms with van der Waals surface area (Å²) in [6.45, 7) is 1.80. The molecule has 13 heavy (non-hydrogen) atoms. The number of nitriles is 1. The van der Waals surface area contributed by atoms with E-state index in [1.807, 2.05) is 19.1 Å². The zero-order chi connectivity index (χ0) is 9.68. The summed E-state index contributed by atoms with van der Waals surface area (Å²) in [7, 11) is 0. The molecule has 1 aromatic rings. The van der Waals surface area contributed by atoms with Gasteiger partial charge in [-0.1, -0.05) is 12.1 Å². The number of carbonyl (C=O) groups excluding carboxylic acids is 1. The van der Waals surface area contributed by atoms with Crippen molar-refractivity contribution in [3.8, 4) is 11.8 Å². The Morgan fingerprint density at radius 1 is 1.62 bits per heavy atom. The number of benzene rings is 1. The van der Waals surface area contributed by atoms with Crippen LogP contribution >= 0.6 is 0 Å². The van der Waals surface area contributed by atoms with Crippen molar-refractivity contribution in [2.75, 3.05) is 6.61 Å². The number of para-hydroxylation sites is 1. The van der Waals surface area contributed by atoms with Gasteiger partial charge in [0.25, 0.3) is 0 Å². The number of hydrogen-bond acceptors (Lipinski definition) is 3. The summed E-state index contributed by atoms with van der Waals surface area (Å²) in [6, 6.07) is 7.13. The van der Waals surface area contributed by atoms with Gasteiger partial charge in [-0.25, -0.2) is 0 Å². The van der Waals surface area contributed by atoms with Gasteiger partial charge in [0.05, 0.1) is 5.56 Å². The molecule has 0 aromatic heterocycles. The molecular weight excluding hydrogens is 166 g/mol. The Labute approximate surface area is 76.6 Å². The summed E-state index contributed by atoms with van der Waals surface area (Å²) in [5.41, 5.74) is 1.34. The minimum absolute atomic E-state index is 0.0360. The molecule has 0 bridgehead atoms. The third-order valence-corrected chi connectivity index (χ3v) is 1.65. The Hall–Kier alpha value is -1.82. The summed E-state index contributed by atoms with van der Waals surface area (Å²) >= 11 is 0. The highest BCUT2D eigenvalue weighted by atomic mass is 16.5. The molecule has 66 valence electrons. The molecule has 0 radical (unpaired) electrons. The number of rotatable bonds is 3.